The molecule has 0 saturated carbocycles. The molecule has 0 aromatic rings. The van der Waals surface area contributed by atoms with Crippen molar-refractivity contribution in [2.24, 2.45) is 0 Å². The Labute approximate surface area is 103 Å². The van der Waals surface area contributed by atoms with Gasteiger partial charge in [0.25, 0.3) is 0 Å². The molecular formula is C8H24HfN4. The molecule has 0 saturated heterocycles. The molecule has 0 aromatic heterocycles. The van der Waals surface area contributed by atoms with Gasteiger partial charge in [-0.05, 0) is 0 Å². The zero-order chi connectivity index (χ0) is 10.8. The van der Waals surface area contributed by atoms with Gasteiger partial charge in [0, 0.05) is 0 Å². The minimum Gasteiger partial charge on any atom is -0.678 e. The molecule has 0 aliphatic heterocycles. The topological polar surface area (TPSA) is 95.2 Å². The maximum absolute atomic E-state index is 6.21. The Morgan fingerprint density at radius 3 is 0.538 bits per heavy atom. The molecule has 0 unspecified atom stereocenters. The van der Waals surface area contributed by atoms with Gasteiger partial charge in [0.1, 0.15) is 0 Å². The van der Waals surface area contributed by atoms with E-state index in [1.165, 1.54) is 0 Å². The Balaban J connectivity index is -0.0000000213. The van der Waals surface area contributed by atoms with Crippen molar-refractivity contribution in [2.75, 3.05) is 26.2 Å². The van der Waals surface area contributed by atoms with E-state index in [-0.39, 0.29) is 25.8 Å². The molecule has 4 N–H and O–H groups in total. The van der Waals surface area contributed by atoms with E-state index >= 15 is 0 Å². The summed E-state index contributed by atoms with van der Waals surface area (Å²) in [5, 5.41) is 0. The largest absolute Gasteiger partial charge is 4.00 e. The second-order valence-electron chi connectivity index (χ2n) is 1.41. The first-order chi connectivity index (χ1) is 5.66. The van der Waals surface area contributed by atoms with Gasteiger partial charge in [0.05, 0.1) is 0 Å². The van der Waals surface area contributed by atoms with Crippen molar-refractivity contribution in [1.29, 1.82) is 0 Å². The summed E-state index contributed by atoms with van der Waals surface area (Å²) in [5.74, 6) is 0. The molecule has 0 radical (unpaired) electrons. The molecule has 80 valence electrons. The molecule has 0 heterocycles. The second kappa shape index (κ2) is 78.6. The summed E-state index contributed by atoms with van der Waals surface area (Å²) in [6.45, 7) is 9.17. The van der Waals surface area contributed by atoms with Gasteiger partial charge in [-0.3, -0.25) is 0 Å². The van der Waals surface area contributed by atoms with Crippen LogP contribution in [0, 0.1) is 0 Å². The van der Waals surface area contributed by atoms with Crippen LogP contribution in [0.2, 0.25) is 0 Å². The third-order valence-corrected chi connectivity index (χ3v) is 0. The summed E-state index contributed by atoms with van der Waals surface area (Å²) in [6.07, 6.45) is 0. The normalized spacial score (nSPS) is 5.54. The molecule has 0 fully saturated rings. The third-order valence-electron chi connectivity index (χ3n) is 0. The number of hydrogen-bond donors (Lipinski definition) is 0. The van der Waals surface area contributed by atoms with Crippen LogP contribution in [0.25, 0.3) is 22.9 Å². The number of rotatable bonds is 0. The van der Waals surface area contributed by atoms with E-state index in [1.54, 1.807) is 27.7 Å². The Bertz CT molecular complexity index is 24.1. The number of hydrogen-bond acceptors (Lipinski definition) is 0. The van der Waals surface area contributed by atoms with Crippen molar-refractivity contribution in [1.82, 2.24) is 0 Å². The Morgan fingerprint density at radius 2 is 0.538 bits per heavy atom. The summed E-state index contributed by atoms with van der Waals surface area (Å²) in [5.41, 5.74) is 24.8. The van der Waals surface area contributed by atoms with Crippen LogP contribution in [-0.4, -0.2) is 26.2 Å². The summed E-state index contributed by atoms with van der Waals surface area (Å²) in [6, 6.07) is 0. The first kappa shape index (κ1) is 29.2. The molecule has 0 bridgehead atoms. The number of nitrogens with one attached hydrogen (secondary N) is 4. The fourth-order valence-electron chi connectivity index (χ4n) is 0. The zero-order valence-electron chi connectivity index (χ0n) is 9.33. The molecule has 0 atom stereocenters. The van der Waals surface area contributed by atoms with Gasteiger partial charge >= 0.3 is 25.8 Å². The van der Waals surface area contributed by atoms with Crippen LogP contribution in [0.1, 0.15) is 27.7 Å². The Kier molecular flexibility index (Phi) is 176. The van der Waals surface area contributed by atoms with Crippen molar-refractivity contribution in [3.8, 4) is 0 Å². The van der Waals surface area contributed by atoms with Crippen LogP contribution < -0.4 is 0 Å². The van der Waals surface area contributed by atoms with Crippen molar-refractivity contribution in [3.05, 3.63) is 22.9 Å². The molecule has 0 rings (SSSR count). The second-order valence-corrected chi connectivity index (χ2v) is 1.41. The Hall–Kier alpha value is 0.710. The van der Waals surface area contributed by atoms with Crippen LogP contribution >= 0.6 is 0 Å². The first-order valence-electron chi connectivity index (χ1n) is 4.24. The minimum absolute atomic E-state index is 0. The molecule has 5 heteroatoms. The monoisotopic (exact) mass is 356 g/mol. The molecule has 13 heavy (non-hydrogen) atoms. The van der Waals surface area contributed by atoms with E-state index in [9.17, 15) is 0 Å². The molecular weight excluding hydrogens is 331 g/mol. The van der Waals surface area contributed by atoms with Gasteiger partial charge in [-0.2, -0.15) is 26.2 Å². The van der Waals surface area contributed by atoms with E-state index in [0.717, 1.165) is 0 Å². The van der Waals surface area contributed by atoms with Gasteiger partial charge < -0.3 is 22.9 Å². The standard InChI is InChI=1S/4C2H6N.Hf/c4*1-2-3;/h4*3H,2H2,1H3;/q4*-1;+4. The summed E-state index contributed by atoms with van der Waals surface area (Å²) in [7, 11) is 0. The van der Waals surface area contributed by atoms with Crippen molar-refractivity contribution in [2.45, 2.75) is 27.7 Å². The van der Waals surface area contributed by atoms with Crippen LogP contribution in [-0.2, 0) is 25.8 Å². The van der Waals surface area contributed by atoms with Crippen LogP contribution in [0.5, 0.6) is 0 Å². The molecule has 0 aliphatic rings. The van der Waals surface area contributed by atoms with Crippen molar-refractivity contribution >= 4 is 0 Å². The maximum atomic E-state index is 6.21. The van der Waals surface area contributed by atoms with Gasteiger partial charge in [-0.25, -0.2) is 0 Å². The maximum Gasteiger partial charge on any atom is 4.00 e. The molecule has 0 aliphatic carbocycles. The van der Waals surface area contributed by atoms with Gasteiger partial charge in [0.2, 0.25) is 0 Å². The molecule has 0 aromatic carbocycles. The summed E-state index contributed by atoms with van der Waals surface area (Å²) >= 11 is 0. The predicted octanol–water partition coefficient (Wildman–Crippen LogP) is 4.23. The Morgan fingerprint density at radius 1 is 0.538 bits per heavy atom. The van der Waals surface area contributed by atoms with E-state index in [4.69, 9.17) is 22.9 Å². The van der Waals surface area contributed by atoms with Crippen molar-refractivity contribution in [3.63, 3.8) is 0 Å². The van der Waals surface area contributed by atoms with E-state index in [0.29, 0.717) is 26.2 Å². The zero-order valence-corrected chi connectivity index (χ0v) is 12.9. The quantitative estimate of drug-likeness (QED) is 0.582. The average Bonchev–Trinajstić information content (AvgIpc) is 1.92. The molecule has 0 amide bonds. The molecule has 0 spiro atoms. The molecule has 4 nitrogen and oxygen atoms in total. The first-order valence-corrected chi connectivity index (χ1v) is 4.24. The average molecular weight is 355 g/mol. The fourth-order valence-corrected chi connectivity index (χ4v) is 0. The predicted molar refractivity (Wildman–Crippen MR) is 59.5 cm³/mol. The van der Waals surface area contributed by atoms with Gasteiger partial charge in [0.15, 0.2) is 0 Å². The van der Waals surface area contributed by atoms with Gasteiger partial charge in [-0.1, -0.05) is 27.7 Å². The van der Waals surface area contributed by atoms with Crippen LogP contribution in [0.3, 0.4) is 0 Å². The minimum atomic E-state index is 0. The van der Waals surface area contributed by atoms with Crippen molar-refractivity contribution < 1.29 is 25.8 Å². The van der Waals surface area contributed by atoms with Crippen LogP contribution in [0.15, 0.2) is 0 Å². The van der Waals surface area contributed by atoms with Gasteiger partial charge in [-0.15, -0.1) is 0 Å². The van der Waals surface area contributed by atoms with E-state index in [2.05, 4.69) is 0 Å². The van der Waals surface area contributed by atoms with Crippen LogP contribution in [0.4, 0.5) is 0 Å². The third kappa shape index (κ3) is 2890. The smallest absolute Gasteiger partial charge is 0.678 e. The fraction of sp³-hybridized carbons (Fsp3) is 1.00. The van der Waals surface area contributed by atoms with E-state index in [1.807, 2.05) is 0 Å². The summed E-state index contributed by atoms with van der Waals surface area (Å²) < 4.78 is 0. The van der Waals surface area contributed by atoms with E-state index < -0.39 is 0 Å². The SMILES string of the molecule is CC[NH-].CC[NH-].CC[NH-].CC[NH-].[Hf+4]. The summed E-state index contributed by atoms with van der Waals surface area (Å²) in [4.78, 5) is 0.